The third-order valence-corrected chi connectivity index (χ3v) is 1.37. The first-order chi connectivity index (χ1) is 5.56. The monoisotopic (exact) mass is 169 g/mol. The zero-order chi connectivity index (χ0) is 9.56. The summed E-state index contributed by atoms with van der Waals surface area (Å²) < 4.78 is 0. The molecule has 1 atom stereocenters. The number of aliphatic hydroxyl groups excluding tert-OH is 1. The molecule has 0 saturated carbocycles. The molecule has 0 spiro atoms. The summed E-state index contributed by atoms with van der Waals surface area (Å²) in [6.07, 6.45) is 4.99. The molecule has 0 saturated heterocycles. The van der Waals surface area contributed by atoms with Crippen LogP contribution in [-0.4, -0.2) is 23.7 Å². The number of nitrogens with one attached hydrogen (secondary N) is 1. The SMILES string of the molecule is C#CC(=O)NCC(O)CC(C)C. The van der Waals surface area contributed by atoms with Crippen molar-refractivity contribution in [1.29, 1.82) is 0 Å². The van der Waals surface area contributed by atoms with Gasteiger partial charge >= 0.3 is 0 Å². The number of terminal acetylenes is 1. The quantitative estimate of drug-likeness (QED) is 0.588. The van der Waals surface area contributed by atoms with Crippen molar-refractivity contribution in [3.05, 3.63) is 0 Å². The second-order valence-corrected chi connectivity index (χ2v) is 3.14. The first-order valence-corrected chi connectivity index (χ1v) is 3.98. The molecule has 0 aromatic heterocycles. The van der Waals surface area contributed by atoms with Crippen molar-refractivity contribution >= 4 is 5.91 Å². The van der Waals surface area contributed by atoms with Crippen LogP contribution < -0.4 is 5.32 Å². The summed E-state index contributed by atoms with van der Waals surface area (Å²) in [5.41, 5.74) is 0. The van der Waals surface area contributed by atoms with Gasteiger partial charge < -0.3 is 10.4 Å². The van der Waals surface area contributed by atoms with Gasteiger partial charge in [0.25, 0.3) is 5.91 Å². The van der Waals surface area contributed by atoms with Gasteiger partial charge in [-0.1, -0.05) is 13.8 Å². The van der Waals surface area contributed by atoms with Crippen LogP contribution in [0, 0.1) is 18.3 Å². The molecule has 0 aliphatic rings. The van der Waals surface area contributed by atoms with Gasteiger partial charge in [0, 0.05) is 6.54 Å². The van der Waals surface area contributed by atoms with E-state index in [-0.39, 0.29) is 6.54 Å². The van der Waals surface area contributed by atoms with Crippen molar-refractivity contribution in [3.8, 4) is 12.3 Å². The Balaban J connectivity index is 3.51. The Hall–Kier alpha value is -1.01. The first-order valence-electron chi connectivity index (χ1n) is 3.98. The van der Waals surface area contributed by atoms with Gasteiger partial charge in [-0.2, -0.15) is 0 Å². The highest BCUT2D eigenvalue weighted by molar-refractivity contribution is 5.92. The molecule has 0 bridgehead atoms. The highest BCUT2D eigenvalue weighted by Crippen LogP contribution is 2.02. The maximum absolute atomic E-state index is 10.5. The van der Waals surface area contributed by atoms with Crippen LogP contribution in [0.3, 0.4) is 0 Å². The molecule has 12 heavy (non-hydrogen) atoms. The third-order valence-electron chi connectivity index (χ3n) is 1.37. The molecule has 0 rings (SSSR count). The number of carbonyl (C=O) groups excluding carboxylic acids is 1. The Morgan fingerprint density at radius 2 is 2.25 bits per heavy atom. The summed E-state index contributed by atoms with van der Waals surface area (Å²) in [6.45, 7) is 4.25. The summed E-state index contributed by atoms with van der Waals surface area (Å²) in [4.78, 5) is 10.5. The lowest BCUT2D eigenvalue weighted by Crippen LogP contribution is -2.31. The van der Waals surface area contributed by atoms with Gasteiger partial charge in [-0.15, -0.1) is 6.42 Å². The van der Waals surface area contributed by atoms with Crippen molar-refractivity contribution in [2.24, 2.45) is 5.92 Å². The Kier molecular flexibility index (Phi) is 5.14. The Morgan fingerprint density at radius 3 is 2.67 bits per heavy atom. The lowest BCUT2D eigenvalue weighted by molar-refractivity contribution is -0.116. The van der Waals surface area contributed by atoms with Crippen molar-refractivity contribution in [3.63, 3.8) is 0 Å². The Morgan fingerprint density at radius 1 is 1.67 bits per heavy atom. The fourth-order valence-corrected chi connectivity index (χ4v) is 0.889. The number of amides is 1. The van der Waals surface area contributed by atoms with E-state index in [2.05, 4.69) is 5.32 Å². The third kappa shape index (κ3) is 5.75. The largest absolute Gasteiger partial charge is 0.391 e. The average Bonchev–Trinajstić information content (AvgIpc) is 1.99. The molecule has 3 nitrogen and oxygen atoms in total. The lowest BCUT2D eigenvalue weighted by Gasteiger charge is -2.12. The van der Waals surface area contributed by atoms with Crippen LogP contribution in [-0.2, 0) is 4.79 Å². The van der Waals surface area contributed by atoms with E-state index in [1.54, 1.807) is 0 Å². The van der Waals surface area contributed by atoms with E-state index in [1.165, 1.54) is 0 Å². The van der Waals surface area contributed by atoms with Gasteiger partial charge in [-0.05, 0) is 18.3 Å². The molecule has 1 unspecified atom stereocenters. The van der Waals surface area contributed by atoms with E-state index < -0.39 is 12.0 Å². The molecule has 0 aromatic rings. The van der Waals surface area contributed by atoms with Crippen LogP contribution in [0.25, 0.3) is 0 Å². The van der Waals surface area contributed by atoms with Crippen molar-refractivity contribution in [1.82, 2.24) is 5.32 Å². The van der Waals surface area contributed by atoms with Crippen LogP contribution in [0.5, 0.6) is 0 Å². The highest BCUT2D eigenvalue weighted by atomic mass is 16.3. The standard InChI is InChI=1S/C9H15NO2/c1-4-9(12)10-6-8(11)5-7(2)3/h1,7-8,11H,5-6H2,2-3H3,(H,10,12). The maximum Gasteiger partial charge on any atom is 0.295 e. The number of hydrogen-bond donors (Lipinski definition) is 2. The normalized spacial score (nSPS) is 12.2. The van der Waals surface area contributed by atoms with Crippen LogP contribution in [0.15, 0.2) is 0 Å². The molecule has 0 radical (unpaired) electrons. The van der Waals surface area contributed by atoms with Crippen molar-refractivity contribution < 1.29 is 9.90 Å². The van der Waals surface area contributed by atoms with Gasteiger partial charge in [0.05, 0.1) is 6.10 Å². The molecule has 2 N–H and O–H groups in total. The fraction of sp³-hybridized carbons (Fsp3) is 0.667. The van der Waals surface area contributed by atoms with E-state index in [9.17, 15) is 9.90 Å². The van der Waals surface area contributed by atoms with Gasteiger partial charge in [-0.3, -0.25) is 4.79 Å². The van der Waals surface area contributed by atoms with Crippen LogP contribution in [0.2, 0.25) is 0 Å². The van der Waals surface area contributed by atoms with Crippen LogP contribution in [0.4, 0.5) is 0 Å². The smallest absolute Gasteiger partial charge is 0.295 e. The van der Waals surface area contributed by atoms with Gasteiger partial charge in [0.1, 0.15) is 0 Å². The minimum absolute atomic E-state index is 0.237. The maximum atomic E-state index is 10.5. The van der Waals surface area contributed by atoms with Gasteiger partial charge in [0.2, 0.25) is 0 Å². The van der Waals surface area contributed by atoms with E-state index in [1.807, 2.05) is 19.8 Å². The van der Waals surface area contributed by atoms with E-state index >= 15 is 0 Å². The summed E-state index contributed by atoms with van der Waals surface area (Å²) >= 11 is 0. The molecular formula is C9H15NO2. The molecular weight excluding hydrogens is 154 g/mol. The first kappa shape index (κ1) is 11.0. The zero-order valence-corrected chi connectivity index (χ0v) is 7.50. The van der Waals surface area contributed by atoms with E-state index in [0.717, 1.165) is 0 Å². The van der Waals surface area contributed by atoms with Crippen LogP contribution in [0.1, 0.15) is 20.3 Å². The predicted octanol–water partition coefficient (Wildman–Crippen LogP) is 0.143. The number of hydrogen-bond acceptors (Lipinski definition) is 2. The Labute approximate surface area is 73.2 Å². The topological polar surface area (TPSA) is 49.3 Å². The summed E-state index contributed by atoms with van der Waals surface area (Å²) in [7, 11) is 0. The Bertz CT molecular complexity index is 181. The predicted molar refractivity (Wildman–Crippen MR) is 47.3 cm³/mol. The molecule has 3 heteroatoms. The van der Waals surface area contributed by atoms with E-state index in [0.29, 0.717) is 12.3 Å². The summed E-state index contributed by atoms with van der Waals surface area (Å²) in [5.74, 6) is 1.86. The minimum atomic E-state index is -0.498. The summed E-state index contributed by atoms with van der Waals surface area (Å²) in [6, 6.07) is 0. The second-order valence-electron chi connectivity index (χ2n) is 3.14. The van der Waals surface area contributed by atoms with Gasteiger partial charge in [-0.25, -0.2) is 0 Å². The lowest BCUT2D eigenvalue weighted by atomic mass is 10.1. The zero-order valence-electron chi connectivity index (χ0n) is 7.50. The van der Waals surface area contributed by atoms with Gasteiger partial charge in [0.15, 0.2) is 0 Å². The van der Waals surface area contributed by atoms with Crippen molar-refractivity contribution in [2.75, 3.05) is 6.54 Å². The fourth-order valence-electron chi connectivity index (χ4n) is 0.889. The molecule has 0 aliphatic carbocycles. The van der Waals surface area contributed by atoms with Crippen LogP contribution >= 0.6 is 0 Å². The van der Waals surface area contributed by atoms with E-state index in [4.69, 9.17) is 6.42 Å². The summed E-state index contributed by atoms with van der Waals surface area (Å²) in [5, 5.41) is 11.7. The number of carbonyl (C=O) groups is 1. The number of aliphatic hydroxyl groups is 1. The average molecular weight is 169 g/mol. The molecule has 0 heterocycles. The van der Waals surface area contributed by atoms with Crippen molar-refractivity contribution in [2.45, 2.75) is 26.4 Å². The molecule has 1 amide bonds. The molecule has 0 fully saturated rings. The molecule has 0 aliphatic heterocycles. The number of rotatable bonds is 4. The molecule has 0 aromatic carbocycles. The minimum Gasteiger partial charge on any atom is -0.391 e. The highest BCUT2D eigenvalue weighted by Gasteiger charge is 2.07. The second kappa shape index (κ2) is 5.62. The molecule has 68 valence electrons.